The summed E-state index contributed by atoms with van der Waals surface area (Å²) in [5, 5.41) is 6.18. The van der Waals surface area contributed by atoms with Gasteiger partial charge in [0.2, 0.25) is 5.91 Å². The summed E-state index contributed by atoms with van der Waals surface area (Å²) in [7, 11) is 0. The molecule has 0 unspecified atom stereocenters. The topological polar surface area (TPSA) is 32.7 Å². The minimum Gasteiger partial charge on any atom is -0.273 e. The maximum absolute atomic E-state index is 11.7. The first kappa shape index (κ1) is 10.7. The standard InChI is InChI=1S/C12H20N2O/c1-2-3-8-14-12(15)9-11(13-14)10-6-4-5-7-10/h10H,2-9H2,1H3. The van der Waals surface area contributed by atoms with Crippen molar-refractivity contribution in [2.75, 3.05) is 6.54 Å². The largest absolute Gasteiger partial charge is 0.273 e. The fraction of sp³-hybridized carbons (Fsp3) is 0.833. The number of nitrogens with zero attached hydrogens (tertiary/aromatic N) is 2. The monoisotopic (exact) mass is 208 g/mol. The first-order chi connectivity index (χ1) is 7.31. The molecule has 0 radical (unpaired) electrons. The van der Waals surface area contributed by atoms with Gasteiger partial charge in [-0.05, 0) is 25.2 Å². The van der Waals surface area contributed by atoms with E-state index in [1.807, 2.05) is 0 Å². The van der Waals surface area contributed by atoms with E-state index in [1.165, 1.54) is 25.7 Å². The number of carbonyl (C=O) groups is 1. The Balaban J connectivity index is 1.93. The van der Waals surface area contributed by atoms with Crippen molar-refractivity contribution in [3.05, 3.63) is 0 Å². The normalized spacial score (nSPS) is 22.6. The lowest BCUT2D eigenvalue weighted by atomic mass is 10.00. The molecule has 0 aromatic heterocycles. The highest BCUT2D eigenvalue weighted by Crippen LogP contribution is 2.29. The molecule has 0 spiro atoms. The third-order valence-electron chi connectivity index (χ3n) is 3.42. The van der Waals surface area contributed by atoms with Gasteiger partial charge in [-0.2, -0.15) is 5.10 Å². The maximum Gasteiger partial charge on any atom is 0.248 e. The zero-order valence-electron chi connectivity index (χ0n) is 9.54. The highest BCUT2D eigenvalue weighted by Gasteiger charge is 2.30. The molecular formula is C12H20N2O. The number of hydrogen-bond donors (Lipinski definition) is 0. The van der Waals surface area contributed by atoms with Crippen molar-refractivity contribution in [1.29, 1.82) is 0 Å². The Morgan fingerprint density at radius 3 is 2.80 bits per heavy atom. The van der Waals surface area contributed by atoms with Crippen LogP contribution in [0.5, 0.6) is 0 Å². The van der Waals surface area contributed by atoms with E-state index in [2.05, 4.69) is 12.0 Å². The summed E-state index contributed by atoms with van der Waals surface area (Å²) in [6.45, 7) is 2.95. The summed E-state index contributed by atoms with van der Waals surface area (Å²) in [6, 6.07) is 0. The van der Waals surface area contributed by atoms with Crippen LogP contribution in [0.1, 0.15) is 51.9 Å². The molecule has 1 amide bonds. The first-order valence-corrected chi connectivity index (χ1v) is 6.19. The molecule has 1 heterocycles. The van der Waals surface area contributed by atoms with Gasteiger partial charge in [0.05, 0.1) is 12.1 Å². The van der Waals surface area contributed by atoms with Crippen LogP contribution in [0, 0.1) is 5.92 Å². The second-order valence-corrected chi connectivity index (χ2v) is 4.62. The third-order valence-corrected chi connectivity index (χ3v) is 3.42. The molecule has 1 aliphatic carbocycles. The van der Waals surface area contributed by atoms with Gasteiger partial charge in [-0.3, -0.25) is 4.79 Å². The molecular weight excluding hydrogens is 188 g/mol. The molecule has 0 aromatic rings. The molecule has 0 aromatic carbocycles. The Morgan fingerprint density at radius 2 is 2.13 bits per heavy atom. The molecule has 15 heavy (non-hydrogen) atoms. The Bertz CT molecular complexity index is 267. The van der Waals surface area contributed by atoms with Crippen molar-refractivity contribution in [3.63, 3.8) is 0 Å². The molecule has 0 N–H and O–H groups in total. The van der Waals surface area contributed by atoms with E-state index in [4.69, 9.17) is 0 Å². The zero-order valence-corrected chi connectivity index (χ0v) is 9.54. The van der Waals surface area contributed by atoms with Crippen LogP contribution >= 0.6 is 0 Å². The Labute approximate surface area is 91.5 Å². The van der Waals surface area contributed by atoms with Crippen molar-refractivity contribution in [2.24, 2.45) is 11.0 Å². The quantitative estimate of drug-likeness (QED) is 0.699. The van der Waals surface area contributed by atoms with Crippen LogP contribution in [0.3, 0.4) is 0 Å². The zero-order chi connectivity index (χ0) is 10.7. The van der Waals surface area contributed by atoms with Gasteiger partial charge >= 0.3 is 0 Å². The van der Waals surface area contributed by atoms with Gasteiger partial charge in [-0.1, -0.05) is 26.2 Å². The van der Waals surface area contributed by atoms with E-state index >= 15 is 0 Å². The summed E-state index contributed by atoms with van der Waals surface area (Å²) in [5.41, 5.74) is 1.16. The number of hydrogen-bond acceptors (Lipinski definition) is 2. The van der Waals surface area contributed by atoms with Gasteiger partial charge in [-0.25, -0.2) is 5.01 Å². The van der Waals surface area contributed by atoms with E-state index in [9.17, 15) is 4.79 Å². The minimum atomic E-state index is 0.213. The van der Waals surface area contributed by atoms with Crippen molar-refractivity contribution >= 4 is 11.6 Å². The summed E-state index contributed by atoms with van der Waals surface area (Å²) >= 11 is 0. The maximum atomic E-state index is 11.7. The molecule has 3 heteroatoms. The summed E-state index contributed by atoms with van der Waals surface area (Å²) in [6.07, 6.45) is 7.89. The molecule has 1 fully saturated rings. The van der Waals surface area contributed by atoms with Crippen LogP contribution < -0.4 is 0 Å². The van der Waals surface area contributed by atoms with Crippen LogP contribution in [-0.2, 0) is 4.79 Å². The van der Waals surface area contributed by atoms with Gasteiger partial charge in [0, 0.05) is 6.54 Å². The van der Waals surface area contributed by atoms with Gasteiger partial charge in [0.15, 0.2) is 0 Å². The highest BCUT2D eigenvalue weighted by molar-refractivity contribution is 6.06. The summed E-state index contributed by atoms with van der Waals surface area (Å²) < 4.78 is 0. The molecule has 0 bridgehead atoms. The van der Waals surface area contributed by atoms with Crippen LogP contribution in [-0.4, -0.2) is 23.2 Å². The molecule has 0 saturated heterocycles. The Morgan fingerprint density at radius 1 is 1.40 bits per heavy atom. The lowest BCUT2D eigenvalue weighted by Gasteiger charge is -2.10. The van der Waals surface area contributed by atoms with Crippen LogP contribution in [0.15, 0.2) is 5.10 Å². The van der Waals surface area contributed by atoms with Crippen LogP contribution in [0.4, 0.5) is 0 Å². The van der Waals surface area contributed by atoms with Crippen molar-refractivity contribution in [2.45, 2.75) is 51.9 Å². The lowest BCUT2D eigenvalue weighted by molar-refractivity contribution is -0.128. The second kappa shape index (κ2) is 4.77. The smallest absolute Gasteiger partial charge is 0.248 e. The number of amides is 1. The van der Waals surface area contributed by atoms with Crippen molar-refractivity contribution in [1.82, 2.24) is 5.01 Å². The molecule has 2 aliphatic rings. The number of unbranched alkanes of at least 4 members (excludes halogenated alkanes) is 1. The van der Waals surface area contributed by atoms with Crippen molar-refractivity contribution < 1.29 is 4.79 Å². The predicted molar refractivity (Wildman–Crippen MR) is 60.6 cm³/mol. The van der Waals surface area contributed by atoms with Gasteiger partial charge in [0.25, 0.3) is 0 Å². The summed E-state index contributed by atoms with van der Waals surface area (Å²) in [5.74, 6) is 0.825. The van der Waals surface area contributed by atoms with E-state index < -0.39 is 0 Å². The Hall–Kier alpha value is -0.860. The van der Waals surface area contributed by atoms with Gasteiger partial charge < -0.3 is 0 Å². The molecule has 0 atom stereocenters. The Kier molecular flexibility index (Phi) is 3.39. The predicted octanol–water partition coefficient (Wildman–Crippen LogP) is 2.57. The average Bonchev–Trinajstić information content (AvgIpc) is 2.83. The lowest BCUT2D eigenvalue weighted by Crippen LogP contribution is -2.21. The average molecular weight is 208 g/mol. The van der Waals surface area contributed by atoms with E-state index in [0.717, 1.165) is 25.1 Å². The molecule has 84 valence electrons. The second-order valence-electron chi connectivity index (χ2n) is 4.62. The molecule has 3 nitrogen and oxygen atoms in total. The van der Waals surface area contributed by atoms with Crippen LogP contribution in [0.2, 0.25) is 0 Å². The van der Waals surface area contributed by atoms with Gasteiger partial charge in [0.1, 0.15) is 0 Å². The first-order valence-electron chi connectivity index (χ1n) is 6.19. The molecule has 2 rings (SSSR count). The van der Waals surface area contributed by atoms with Crippen molar-refractivity contribution in [3.8, 4) is 0 Å². The highest BCUT2D eigenvalue weighted by atomic mass is 16.2. The SMILES string of the molecule is CCCCN1N=C(C2CCCC2)CC1=O. The molecule has 1 saturated carbocycles. The number of carbonyl (C=O) groups excluding carboxylic acids is 1. The fourth-order valence-electron chi connectivity index (χ4n) is 2.46. The number of rotatable bonds is 4. The van der Waals surface area contributed by atoms with E-state index in [-0.39, 0.29) is 5.91 Å². The fourth-order valence-corrected chi connectivity index (χ4v) is 2.46. The van der Waals surface area contributed by atoms with Gasteiger partial charge in [-0.15, -0.1) is 0 Å². The van der Waals surface area contributed by atoms with Crippen LogP contribution in [0.25, 0.3) is 0 Å². The summed E-state index contributed by atoms with van der Waals surface area (Å²) in [4.78, 5) is 11.7. The third kappa shape index (κ3) is 2.39. The molecule has 1 aliphatic heterocycles. The van der Waals surface area contributed by atoms with E-state index in [1.54, 1.807) is 5.01 Å². The van der Waals surface area contributed by atoms with E-state index in [0.29, 0.717) is 12.3 Å². The number of hydrazone groups is 1. The minimum absolute atomic E-state index is 0.213.